The highest BCUT2D eigenvalue weighted by Crippen LogP contribution is 2.40. The monoisotopic (exact) mass is 479 g/mol. The highest BCUT2D eigenvalue weighted by molar-refractivity contribution is 5.89. The number of ether oxygens (including phenoxy) is 1. The van der Waals surface area contributed by atoms with E-state index in [0.29, 0.717) is 34.6 Å². The Hall–Kier alpha value is -3.10. The third-order valence-corrected chi connectivity index (χ3v) is 7.59. The van der Waals surface area contributed by atoms with E-state index in [0.717, 1.165) is 42.4 Å². The number of fused-ring (bicyclic) bond motifs is 5. The van der Waals surface area contributed by atoms with Gasteiger partial charge < -0.3 is 19.3 Å². The average molecular weight is 480 g/mol. The molecule has 0 saturated carbocycles. The molecule has 2 aliphatic rings. The summed E-state index contributed by atoms with van der Waals surface area (Å²) in [6.07, 6.45) is 1.76. The number of carbonyl (C=O) groups is 1. The average Bonchev–Trinajstić information content (AvgIpc) is 3.21. The summed E-state index contributed by atoms with van der Waals surface area (Å²) >= 11 is 0. The van der Waals surface area contributed by atoms with E-state index in [1.807, 2.05) is 6.07 Å². The molecule has 0 spiro atoms. The number of carbonyl (C=O) groups excluding carboxylic acids is 1. The van der Waals surface area contributed by atoms with Crippen LogP contribution in [0.4, 0.5) is 4.39 Å². The molecule has 0 amide bonds. The van der Waals surface area contributed by atoms with Crippen molar-refractivity contribution in [1.82, 2.24) is 14.5 Å². The molecule has 2 aromatic heterocycles. The van der Waals surface area contributed by atoms with E-state index in [1.54, 1.807) is 24.5 Å². The van der Waals surface area contributed by atoms with Crippen LogP contribution in [0, 0.1) is 12.7 Å². The van der Waals surface area contributed by atoms with Gasteiger partial charge in [-0.25, -0.2) is 14.2 Å². The first kappa shape index (κ1) is 23.6. The number of hydrogen-bond acceptors (Lipinski definition) is 6. The Morgan fingerprint density at radius 1 is 1.23 bits per heavy atom. The van der Waals surface area contributed by atoms with Gasteiger partial charge in [-0.05, 0) is 69.6 Å². The molecule has 184 valence electrons. The summed E-state index contributed by atoms with van der Waals surface area (Å²) in [7, 11) is 2.08. The van der Waals surface area contributed by atoms with Crippen molar-refractivity contribution >= 4 is 16.9 Å². The molecule has 0 fully saturated rings. The molecule has 0 aliphatic carbocycles. The first-order chi connectivity index (χ1) is 16.7. The molecule has 0 saturated heterocycles. The van der Waals surface area contributed by atoms with Crippen LogP contribution in [-0.2, 0) is 34.7 Å². The quantitative estimate of drug-likeness (QED) is 0.427. The Labute approximate surface area is 203 Å². The van der Waals surface area contributed by atoms with Gasteiger partial charge in [0.15, 0.2) is 5.60 Å². The van der Waals surface area contributed by atoms with Gasteiger partial charge in [-0.2, -0.15) is 0 Å². The fraction of sp³-hybridized carbons (Fsp3) is 0.444. The molecule has 0 unspecified atom stereocenters. The van der Waals surface area contributed by atoms with Crippen molar-refractivity contribution < 1.29 is 19.0 Å². The van der Waals surface area contributed by atoms with Crippen molar-refractivity contribution in [1.29, 1.82) is 0 Å². The molecule has 5 rings (SSSR count). The van der Waals surface area contributed by atoms with Gasteiger partial charge >= 0.3 is 5.97 Å². The fourth-order valence-corrected chi connectivity index (χ4v) is 5.26. The summed E-state index contributed by atoms with van der Waals surface area (Å²) in [6.45, 7) is 7.58. The molecule has 0 radical (unpaired) electrons. The lowest BCUT2D eigenvalue weighted by Crippen LogP contribution is -2.44. The van der Waals surface area contributed by atoms with E-state index in [4.69, 9.17) is 9.72 Å². The molecule has 3 aromatic rings. The summed E-state index contributed by atoms with van der Waals surface area (Å²) in [5, 5.41) is 12.0. The van der Waals surface area contributed by atoms with Crippen LogP contribution in [0.3, 0.4) is 0 Å². The van der Waals surface area contributed by atoms with E-state index in [9.17, 15) is 19.1 Å². The number of aliphatic hydroxyl groups is 1. The van der Waals surface area contributed by atoms with Gasteiger partial charge in [-0.3, -0.25) is 4.79 Å². The summed E-state index contributed by atoms with van der Waals surface area (Å²) in [5.41, 5.74) is 2.65. The molecular formula is C27H30FN3O4. The summed E-state index contributed by atoms with van der Waals surface area (Å²) in [5.74, 6) is -1.08. The number of hydrogen-bond donors (Lipinski definition) is 1. The van der Waals surface area contributed by atoms with Gasteiger partial charge in [-0.1, -0.05) is 13.8 Å². The van der Waals surface area contributed by atoms with Crippen LogP contribution < -0.4 is 5.56 Å². The Morgan fingerprint density at radius 3 is 2.71 bits per heavy atom. The number of pyridine rings is 2. The van der Waals surface area contributed by atoms with Gasteiger partial charge in [0.2, 0.25) is 0 Å². The number of cyclic esters (lactones) is 1. The topological polar surface area (TPSA) is 84.7 Å². The van der Waals surface area contributed by atoms with Gasteiger partial charge in [0.05, 0.1) is 29.0 Å². The lowest BCUT2D eigenvalue weighted by Gasteiger charge is -2.31. The van der Waals surface area contributed by atoms with Crippen LogP contribution >= 0.6 is 0 Å². The molecule has 7 nitrogen and oxygen atoms in total. The highest BCUT2D eigenvalue weighted by atomic mass is 19.1. The first-order valence-electron chi connectivity index (χ1n) is 12.2. The SMILES string of the molecule is CCN(C)CCCc1c2c(nc3cc(F)c(C)cc13)-c1cc3c(c(=O)n1C2)COC(=O)[C@]3(O)CC. The highest BCUT2D eigenvalue weighted by Gasteiger charge is 2.45. The second-order valence-electron chi connectivity index (χ2n) is 9.64. The number of rotatable bonds is 6. The minimum atomic E-state index is -1.88. The molecule has 1 atom stereocenters. The van der Waals surface area contributed by atoms with E-state index in [1.165, 1.54) is 6.07 Å². The Bertz CT molecular complexity index is 1430. The molecule has 0 bridgehead atoms. The van der Waals surface area contributed by atoms with Crippen LogP contribution in [0.15, 0.2) is 23.0 Å². The summed E-state index contributed by atoms with van der Waals surface area (Å²) in [4.78, 5) is 33.0. The lowest BCUT2D eigenvalue weighted by atomic mass is 9.86. The van der Waals surface area contributed by atoms with Crippen LogP contribution in [0.2, 0.25) is 0 Å². The summed E-state index contributed by atoms with van der Waals surface area (Å²) < 4.78 is 21.3. The maximum atomic E-state index is 14.5. The predicted octanol–water partition coefficient (Wildman–Crippen LogP) is 3.41. The number of nitrogens with zero attached hydrogens (tertiary/aromatic N) is 3. The molecule has 1 aromatic carbocycles. The number of halogens is 1. The van der Waals surface area contributed by atoms with Gasteiger partial charge in [0.1, 0.15) is 12.4 Å². The zero-order chi connectivity index (χ0) is 25.1. The normalized spacial score (nSPS) is 18.5. The Kier molecular flexibility index (Phi) is 5.76. The first-order valence-corrected chi connectivity index (χ1v) is 12.2. The van der Waals surface area contributed by atoms with Crippen LogP contribution in [0.1, 0.15) is 54.5 Å². The van der Waals surface area contributed by atoms with Crippen molar-refractivity contribution in [3.05, 3.63) is 62.2 Å². The number of aromatic nitrogens is 2. The third-order valence-electron chi connectivity index (χ3n) is 7.59. The molecular weight excluding hydrogens is 449 g/mol. The number of benzene rings is 1. The van der Waals surface area contributed by atoms with Crippen LogP contribution in [-0.4, -0.2) is 45.7 Å². The third kappa shape index (κ3) is 3.58. The largest absolute Gasteiger partial charge is 0.458 e. The minimum absolute atomic E-state index is 0.0837. The number of esters is 1. The second-order valence-corrected chi connectivity index (χ2v) is 9.64. The van der Waals surface area contributed by atoms with E-state index in [2.05, 4.69) is 18.9 Å². The van der Waals surface area contributed by atoms with E-state index < -0.39 is 11.6 Å². The zero-order valence-electron chi connectivity index (χ0n) is 20.6. The smallest absolute Gasteiger partial charge is 0.343 e. The minimum Gasteiger partial charge on any atom is -0.458 e. The van der Waals surface area contributed by atoms with Gasteiger partial charge in [-0.15, -0.1) is 0 Å². The van der Waals surface area contributed by atoms with E-state index in [-0.39, 0.29) is 30.0 Å². The van der Waals surface area contributed by atoms with Gasteiger partial charge in [0, 0.05) is 22.6 Å². The van der Waals surface area contributed by atoms with Crippen molar-refractivity contribution in [2.75, 3.05) is 20.1 Å². The Balaban J connectivity index is 1.72. The van der Waals surface area contributed by atoms with E-state index >= 15 is 0 Å². The van der Waals surface area contributed by atoms with Crippen molar-refractivity contribution in [2.45, 2.75) is 58.8 Å². The second kappa shape index (κ2) is 8.53. The van der Waals surface area contributed by atoms with Gasteiger partial charge in [0.25, 0.3) is 5.56 Å². The molecule has 2 aliphatic heterocycles. The zero-order valence-corrected chi connectivity index (χ0v) is 20.6. The standard InChI is InChI=1S/C27H30FN3O4/c1-5-27(34)20-11-23-24-18(13-31(23)25(32)19(20)14-35-26(27)33)16(8-7-9-30(4)6-2)17-10-15(3)21(28)12-22(17)29-24/h10-12,34H,5-9,13-14H2,1-4H3/t27-/m0/s1. The fourth-order valence-electron chi connectivity index (χ4n) is 5.26. The molecule has 4 heterocycles. The maximum absolute atomic E-state index is 14.5. The molecule has 35 heavy (non-hydrogen) atoms. The van der Waals surface area contributed by atoms with Crippen LogP contribution in [0.5, 0.6) is 0 Å². The Morgan fingerprint density at radius 2 is 2.00 bits per heavy atom. The summed E-state index contributed by atoms with van der Waals surface area (Å²) in [6, 6.07) is 4.99. The molecule has 1 N–H and O–H groups in total. The lowest BCUT2D eigenvalue weighted by molar-refractivity contribution is -0.172. The number of aryl methyl sites for hydroxylation is 2. The molecule has 8 heteroatoms. The van der Waals surface area contributed by atoms with Crippen molar-refractivity contribution in [3.63, 3.8) is 0 Å². The predicted molar refractivity (Wildman–Crippen MR) is 131 cm³/mol. The van der Waals surface area contributed by atoms with Crippen molar-refractivity contribution in [2.24, 2.45) is 0 Å². The maximum Gasteiger partial charge on any atom is 0.343 e. The van der Waals surface area contributed by atoms with Crippen LogP contribution in [0.25, 0.3) is 22.3 Å². The van der Waals surface area contributed by atoms with Crippen molar-refractivity contribution in [3.8, 4) is 11.4 Å².